The van der Waals surface area contributed by atoms with Crippen LogP contribution in [0, 0.1) is 0 Å². The number of benzene rings is 3. The number of methoxy groups -OCH3 is 1. The first kappa shape index (κ1) is 16.5. The van der Waals surface area contributed by atoms with Crippen LogP contribution >= 0.6 is 0 Å². The second kappa shape index (κ2) is 6.83. The Balaban J connectivity index is 1.56. The lowest BCUT2D eigenvalue weighted by Gasteiger charge is -2.20. The van der Waals surface area contributed by atoms with Gasteiger partial charge >= 0.3 is 0 Å². The van der Waals surface area contributed by atoms with Gasteiger partial charge in [-0.15, -0.1) is 0 Å². The summed E-state index contributed by atoms with van der Waals surface area (Å²) >= 11 is 0. The van der Waals surface area contributed by atoms with Crippen molar-refractivity contribution < 1.29 is 4.74 Å². The van der Waals surface area contributed by atoms with Gasteiger partial charge in [0.2, 0.25) is 0 Å². The van der Waals surface area contributed by atoms with E-state index in [0.717, 1.165) is 46.1 Å². The summed E-state index contributed by atoms with van der Waals surface area (Å²) in [5.41, 5.74) is 12.4. The van der Waals surface area contributed by atoms with E-state index in [0.29, 0.717) is 0 Å². The summed E-state index contributed by atoms with van der Waals surface area (Å²) in [7, 11) is 1.68. The van der Waals surface area contributed by atoms with E-state index in [2.05, 4.69) is 28.0 Å². The van der Waals surface area contributed by atoms with Crippen LogP contribution in [0.4, 0.5) is 5.69 Å². The molecule has 0 saturated carbocycles. The van der Waals surface area contributed by atoms with Crippen molar-refractivity contribution >= 4 is 22.6 Å². The molecule has 1 aromatic heterocycles. The number of nitrogens with one attached hydrogen (secondary N) is 2. The molecule has 4 aromatic rings. The molecule has 0 bridgehead atoms. The number of hydrogen-bond acceptors (Lipinski definition) is 4. The van der Waals surface area contributed by atoms with E-state index >= 15 is 0 Å². The zero-order chi connectivity index (χ0) is 18.9. The fraction of sp³-hybridized carbons (Fsp3) is 0.0909. The maximum Gasteiger partial charge on any atom is 0.148 e. The highest BCUT2D eigenvalue weighted by molar-refractivity contribution is 6.02. The van der Waals surface area contributed by atoms with E-state index < -0.39 is 0 Å². The minimum absolute atomic E-state index is 0.775. The summed E-state index contributed by atoms with van der Waals surface area (Å²) in [5.74, 6) is 1.62. The Bertz CT molecular complexity index is 1190. The van der Waals surface area contributed by atoms with Crippen molar-refractivity contribution in [3.8, 4) is 11.4 Å². The van der Waals surface area contributed by atoms with Gasteiger partial charge < -0.3 is 10.2 Å². The van der Waals surface area contributed by atoms with E-state index in [1.807, 2.05) is 65.5 Å². The van der Waals surface area contributed by atoms with Gasteiger partial charge in [-0.3, -0.25) is 4.57 Å². The molecule has 2 heterocycles. The predicted octanol–water partition coefficient (Wildman–Crippen LogP) is 3.72. The highest BCUT2D eigenvalue weighted by atomic mass is 16.5. The smallest absolute Gasteiger partial charge is 0.148 e. The maximum atomic E-state index is 5.49. The van der Waals surface area contributed by atoms with Crippen molar-refractivity contribution in [1.29, 1.82) is 0 Å². The standard InChI is InChI=1S/C22H19N5O/c1-28-21-9-5-4-8-20(21)27-14-23-18-12-16(10-11-19(18)27)25-22-17-7-3-2-6-15(17)13-24-26-22/h2-12,14,24H,13H2,1H3,(H,25,26). The third kappa shape index (κ3) is 2.80. The first-order chi connectivity index (χ1) is 13.8. The number of imidazole rings is 1. The van der Waals surface area contributed by atoms with Crippen LogP contribution in [0.5, 0.6) is 5.75 Å². The number of fused-ring (bicyclic) bond motifs is 2. The van der Waals surface area contributed by atoms with Gasteiger partial charge in [-0.25, -0.2) is 15.4 Å². The summed E-state index contributed by atoms with van der Waals surface area (Å²) < 4.78 is 7.52. The number of hydrazine groups is 1. The van der Waals surface area contributed by atoms with Crippen molar-refractivity contribution in [2.24, 2.45) is 4.99 Å². The average Bonchev–Trinajstić information content (AvgIpc) is 3.17. The van der Waals surface area contributed by atoms with Crippen molar-refractivity contribution in [2.75, 3.05) is 7.11 Å². The lowest BCUT2D eigenvalue weighted by atomic mass is 10.1. The fourth-order valence-corrected chi connectivity index (χ4v) is 3.50. The fourth-order valence-electron chi connectivity index (χ4n) is 3.50. The SMILES string of the molecule is COc1ccccc1-n1cnc2cc(N=C3NNCc4ccccc43)ccc21. The Labute approximate surface area is 162 Å². The molecule has 138 valence electrons. The van der Waals surface area contributed by atoms with E-state index in [4.69, 9.17) is 9.73 Å². The summed E-state index contributed by atoms with van der Waals surface area (Å²) in [6, 6.07) is 22.2. The summed E-state index contributed by atoms with van der Waals surface area (Å²) in [5, 5.41) is 0. The molecule has 0 amide bonds. The zero-order valence-corrected chi connectivity index (χ0v) is 15.4. The molecule has 1 aliphatic heterocycles. The van der Waals surface area contributed by atoms with Crippen LogP contribution in [0.2, 0.25) is 0 Å². The first-order valence-corrected chi connectivity index (χ1v) is 9.10. The molecule has 0 fully saturated rings. The molecule has 2 N–H and O–H groups in total. The third-order valence-corrected chi connectivity index (χ3v) is 4.87. The van der Waals surface area contributed by atoms with Crippen LogP contribution in [0.1, 0.15) is 11.1 Å². The third-order valence-electron chi connectivity index (χ3n) is 4.87. The van der Waals surface area contributed by atoms with Crippen LogP contribution in [0.25, 0.3) is 16.7 Å². The van der Waals surface area contributed by atoms with Crippen LogP contribution in [-0.4, -0.2) is 22.5 Å². The summed E-state index contributed by atoms with van der Waals surface area (Å²) in [6.45, 7) is 0.775. The minimum Gasteiger partial charge on any atom is -0.495 e. The molecule has 28 heavy (non-hydrogen) atoms. The van der Waals surface area contributed by atoms with Crippen LogP contribution in [0.15, 0.2) is 78.0 Å². The highest BCUT2D eigenvalue weighted by Crippen LogP contribution is 2.28. The largest absolute Gasteiger partial charge is 0.495 e. The molecule has 3 aromatic carbocycles. The Morgan fingerprint density at radius 2 is 1.89 bits per heavy atom. The molecule has 0 saturated heterocycles. The molecule has 6 heteroatoms. The van der Waals surface area contributed by atoms with Gasteiger partial charge in [0.25, 0.3) is 0 Å². The zero-order valence-electron chi connectivity index (χ0n) is 15.4. The van der Waals surface area contributed by atoms with E-state index in [1.54, 1.807) is 7.11 Å². The second-order valence-corrected chi connectivity index (χ2v) is 6.56. The Morgan fingerprint density at radius 3 is 2.82 bits per heavy atom. The summed E-state index contributed by atoms with van der Waals surface area (Å²) in [6.07, 6.45) is 1.81. The van der Waals surface area contributed by atoms with Gasteiger partial charge in [0.1, 0.15) is 17.9 Å². The van der Waals surface area contributed by atoms with Gasteiger partial charge in [0.15, 0.2) is 0 Å². The molecular weight excluding hydrogens is 350 g/mol. The highest BCUT2D eigenvalue weighted by Gasteiger charge is 2.14. The Hall–Kier alpha value is -3.64. The van der Waals surface area contributed by atoms with Crippen molar-refractivity contribution in [3.05, 3.63) is 84.2 Å². The number of hydrogen-bond donors (Lipinski definition) is 2. The van der Waals surface area contributed by atoms with Crippen molar-refractivity contribution in [2.45, 2.75) is 6.54 Å². The molecule has 0 unspecified atom stereocenters. The molecule has 0 atom stereocenters. The monoisotopic (exact) mass is 369 g/mol. The molecule has 0 spiro atoms. The number of amidine groups is 1. The summed E-state index contributed by atoms with van der Waals surface area (Å²) in [4.78, 5) is 9.36. The van der Waals surface area contributed by atoms with E-state index in [9.17, 15) is 0 Å². The normalized spacial score (nSPS) is 14.7. The van der Waals surface area contributed by atoms with Crippen LogP contribution < -0.4 is 15.6 Å². The number of para-hydroxylation sites is 2. The number of ether oxygens (including phenoxy) is 1. The Morgan fingerprint density at radius 1 is 1.04 bits per heavy atom. The van der Waals surface area contributed by atoms with Crippen molar-refractivity contribution in [3.63, 3.8) is 0 Å². The minimum atomic E-state index is 0.775. The molecular formula is C22H19N5O. The number of rotatable bonds is 3. The maximum absolute atomic E-state index is 5.49. The quantitative estimate of drug-likeness (QED) is 0.578. The van der Waals surface area contributed by atoms with E-state index in [1.165, 1.54) is 5.56 Å². The Kier molecular flexibility index (Phi) is 4.03. The lowest BCUT2D eigenvalue weighted by molar-refractivity contribution is 0.413. The van der Waals surface area contributed by atoms with Crippen molar-refractivity contribution in [1.82, 2.24) is 20.4 Å². The average molecular weight is 369 g/mol. The molecule has 1 aliphatic rings. The lowest BCUT2D eigenvalue weighted by Crippen LogP contribution is -2.42. The molecule has 0 aliphatic carbocycles. The van der Waals surface area contributed by atoms with Gasteiger partial charge in [0.05, 0.1) is 29.5 Å². The van der Waals surface area contributed by atoms with Crippen LogP contribution in [-0.2, 0) is 6.54 Å². The molecule has 0 radical (unpaired) electrons. The van der Waals surface area contributed by atoms with E-state index in [-0.39, 0.29) is 0 Å². The number of aliphatic imine (C=N–C) groups is 1. The van der Waals surface area contributed by atoms with Gasteiger partial charge in [0, 0.05) is 12.1 Å². The molecule has 6 nitrogen and oxygen atoms in total. The second-order valence-electron chi connectivity index (χ2n) is 6.56. The molecule has 5 rings (SSSR count). The number of aromatic nitrogens is 2. The van der Waals surface area contributed by atoms with Crippen LogP contribution in [0.3, 0.4) is 0 Å². The first-order valence-electron chi connectivity index (χ1n) is 9.10. The topological polar surface area (TPSA) is 63.5 Å². The van der Waals surface area contributed by atoms with Gasteiger partial charge in [-0.1, -0.05) is 36.4 Å². The predicted molar refractivity (Wildman–Crippen MR) is 110 cm³/mol. The number of nitrogens with zero attached hydrogens (tertiary/aromatic N) is 3. The van der Waals surface area contributed by atoms with Gasteiger partial charge in [-0.2, -0.15) is 0 Å². The van der Waals surface area contributed by atoms with Gasteiger partial charge in [-0.05, 0) is 35.9 Å².